The first kappa shape index (κ1) is 16.6. The quantitative estimate of drug-likeness (QED) is 0.684. The van der Waals surface area contributed by atoms with E-state index in [9.17, 15) is 0 Å². The van der Waals surface area contributed by atoms with Crippen molar-refractivity contribution in [2.75, 3.05) is 26.6 Å². The lowest BCUT2D eigenvalue weighted by Gasteiger charge is -2.28. The molecule has 0 fully saturated rings. The predicted molar refractivity (Wildman–Crippen MR) is 81.9 cm³/mol. The number of ether oxygens (including phenoxy) is 2. The molecule has 118 valence electrons. The fourth-order valence-corrected chi connectivity index (χ4v) is 5.23. The summed E-state index contributed by atoms with van der Waals surface area (Å²) in [5.41, 5.74) is 0.892. The van der Waals surface area contributed by atoms with Gasteiger partial charge in [0.05, 0.1) is 0 Å². The largest absolute Gasteiger partial charge is 0.505 e. The molecule has 2 rings (SSSR count). The van der Waals surface area contributed by atoms with E-state index in [-0.39, 0.29) is 6.79 Å². The molecule has 0 spiro atoms. The fourth-order valence-electron chi connectivity index (χ4n) is 2.27. The van der Waals surface area contributed by atoms with Crippen molar-refractivity contribution in [3.8, 4) is 11.5 Å². The van der Waals surface area contributed by atoms with Crippen LogP contribution in [0.5, 0.6) is 11.5 Å². The summed E-state index contributed by atoms with van der Waals surface area (Å²) < 4.78 is 28.3. The van der Waals surface area contributed by atoms with Crippen LogP contribution in [0.2, 0.25) is 5.02 Å². The molecule has 1 aliphatic rings. The normalized spacial score (nSPS) is 13.7. The van der Waals surface area contributed by atoms with E-state index in [2.05, 4.69) is 0 Å². The van der Waals surface area contributed by atoms with Gasteiger partial charge in [-0.3, -0.25) is 0 Å². The Kier molecular flexibility index (Phi) is 5.89. The van der Waals surface area contributed by atoms with Gasteiger partial charge in [0.15, 0.2) is 11.5 Å². The minimum absolute atomic E-state index is 0.222. The zero-order valence-electron chi connectivity index (χ0n) is 12.6. The van der Waals surface area contributed by atoms with Crippen molar-refractivity contribution >= 4 is 20.4 Å². The topological polar surface area (TPSA) is 46.2 Å². The molecule has 0 saturated carbocycles. The van der Waals surface area contributed by atoms with Gasteiger partial charge in [0.2, 0.25) is 6.79 Å². The van der Waals surface area contributed by atoms with E-state index in [0.29, 0.717) is 42.4 Å². The number of hydrogen-bond acceptors (Lipinski definition) is 5. The van der Waals surface area contributed by atoms with Crippen molar-refractivity contribution in [2.45, 2.75) is 26.8 Å². The van der Waals surface area contributed by atoms with Crippen LogP contribution < -0.4 is 9.47 Å². The average molecular weight is 333 g/mol. The molecule has 5 nitrogen and oxygen atoms in total. The Morgan fingerprint density at radius 3 is 2.05 bits per heavy atom. The van der Waals surface area contributed by atoms with Gasteiger partial charge in [0, 0.05) is 37.0 Å². The maximum absolute atomic E-state index is 6.33. The molecule has 0 aliphatic carbocycles. The third-order valence-corrected chi connectivity index (χ3v) is 6.39. The van der Waals surface area contributed by atoms with Crippen LogP contribution in [-0.4, -0.2) is 35.4 Å². The van der Waals surface area contributed by atoms with E-state index in [1.165, 1.54) is 0 Å². The van der Waals surface area contributed by atoms with Crippen LogP contribution in [-0.2, 0) is 19.3 Å². The molecule has 0 radical (unpaired) electrons. The molecule has 1 heterocycles. The zero-order chi connectivity index (χ0) is 15.3. The molecule has 21 heavy (non-hydrogen) atoms. The van der Waals surface area contributed by atoms with Crippen molar-refractivity contribution in [2.24, 2.45) is 0 Å². The number of halogens is 1. The summed E-state index contributed by atoms with van der Waals surface area (Å²) in [5.74, 6) is 1.36. The van der Waals surface area contributed by atoms with Crippen molar-refractivity contribution in [3.05, 3.63) is 22.7 Å². The lowest BCUT2D eigenvalue weighted by molar-refractivity contribution is 0.0704. The van der Waals surface area contributed by atoms with Crippen molar-refractivity contribution in [1.29, 1.82) is 0 Å². The molecule has 0 bridgehead atoms. The van der Waals surface area contributed by atoms with Gasteiger partial charge in [-0.2, -0.15) is 0 Å². The van der Waals surface area contributed by atoms with Crippen LogP contribution in [0.25, 0.3) is 0 Å². The summed E-state index contributed by atoms with van der Waals surface area (Å²) in [6.07, 6.45) is 0. The first-order valence-corrected chi connectivity index (χ1v) is 9.45. The first-order valence-electron chi connectivity index (χ1n) is 7.14. The van der Waals surface area contributed by atoms with E-state index in [0.717, 1.165) is 5.56 Å². The van der Waals surface area contributed by atoms with Crippen LogP contribution in [0.3, 0.4) is 0 Å². The second-order valence-corrected chi connectivity index (χ2v) is 7.45. The van der Waals surface area contributed by atoms with Gasteiger partial charge in [-0.25, -0.2) is 0 Å². The summed E-state index contributed by atoms with van der Waals surface area (Å²) >= 11 is 6.33. The molecule has 1 aromatic rings. The van der Waals surface area contributed by atoms with Crippen LogP contribution >= 0.6 is 11.6 Å². The van der Waals surface area contributed by atoms with E-state index in [1.807, 2.05) is 26.8 Å². The highest BCUT2D eigenvalue weighted by Gasteiger charge is 2.41. The number of hydrogen-bond donors (Lipinski definition) is 0. The Bertz CT molecular complexity index is 466. The highest BCUT2D eigenvalue weighted by Crippen LogP contribution is 2.38. The second kappa shape index (κ2) is 7.46. The minimum atomic E-state index is -2.78. The van der Waals surface area contributed by atoms with E-state index in [4.69, 9.17) is 34.4 Å². The maximum atomic E-state index is 6.33. The highest BCUT2D eigenvalue weighted by atomic mass is 35.5. The van der Waals surface area contributed by atoms with Gasteiger partial charge >= 0.3 is 8.80 Å². The van der Waals surface area contributed by atoms with Crippen LogP contribution in [0, 0.1) is 0 Å². The number of rotatable bonds is 8. The molecule has 0 atom stereocenters. The third kappa shape index (κ3) is 3.90. The van der Waals surface area contributed by atoms with Crippen molar-refractivity contribution < 1.29 is 22.8 Å². The number of fused-ring (bicyclic) bond motifs is 1. The molecular formula is C14H21ClO5Si. The van der Waals surface area contributed by atoms with Crippen LogP contribution in [0.15, 0.2) is 12.1 Å². The Morgan fingerprint density at radius 2 is 1.52 bits per heavy atom. The Balaban J connectivity index is 2.26. The maximum Gasteiger partial charge on any atom is 0.505 e. The highest BCUT2D eigenvalue weighted by molar-refractivity contribution is 6.60. The summed E-state index contributed by atoms with van der Waals surface area (Å²) in [6, 6.07) is 4.16. The monoisotopic (exact) mass is 332 g/mol. The minimum Gasteiger partial charge on any atom is -0.454 e. The van der Waals surface area contributed by atoms with Gasteiger partial charge in [-0.15, -0.1) is 0 Å². The van der Waals surface area contributed by atoms with Gasteiger partial charge in [-0.1, -0.05) is 11.6 Å². The van der Waals surface area contributed by atoms with Gasteiger partial charge < -0.3 is 22.8 Å². The molecule has 7 heteroatoms. The van der Waals surface area contributed by atoms with Crippen molar-refractivity contribution in [3.63, 3.8) is 0 Å². The standard InChI is InChI=1S/C14H21ClO5Si/c1-4-18-21(19-5-2,20-6-3)9-11-7-13-14(8-12(11)15)17-10-16-13/h7-8H,4-6,9-10H2,1-3H3. The summed E-state index contributed by atoms with van der Waals surface area (Å²) in [7, 11) is -2.78. The molecular weight excluding hydrogens is 312 g/mol. The Morgan fingerprint density at radius 1 is 1.00 bits per heavy atom. The fraction of sp³-hybridized carbons (Fsp3) is 0.571. The molecule has 0 unspecified atom stereocenters. The average Bonchev–Trinajstić information content (AvgIpc) is 2.87. The van der Waals surface area contributed by atoms with E-state index in [1.54, 1.807) is 6.07 Å². The van der Waals surface area contributed by atoms with Crippen molar-refractivity contribution in [1.82, 2.24) is 0 Å². The molecule has 1 aromatic carbocycles. The van der Waals surface area contributed by atoms with E-state index < -0.39 is 8.80 Å². The third-order valence-electron chi connectivity index (χ3n) is 3.04. The molecule has 0 amide bonds. The Labute approximate surface area is 131 Å². The molecule has 0 aromatic heterocycles. The smallest absolute Gasteiger partial charge is 0.454 e. The lowest BCUT2D eigenvalue weighted by atomic mass is 10.2. The van der Waals surface area contributed by atoms with Crippen LogP contribution in [0.1, 0.15) is 26.3 Å². The van der Waals surface area contributed by atoms with Gasteiger partial charge in [0.1, 0.15) is 0 Å². The van der Waals surface area contributed by atoms with Gasteiger partial charge in [-0.05, 0) is 32.4 Å². The summed E-state index contributed by atoms with van der Waals surface area (Å²) in [6.45, 7) is 7.63. The number of benzene rings is 1. The Hall–Kier alpha value is -0.793. The summed E-state index contributed by atoms with van der Waals surface area (Å²) in [5, 5.41) is 0.607. The molecule has 0 N–H and O–H groups in total. The SMILES string of the molecule is CCO[Si](Cc1cc2c(cc1Cl)OCO2)(OCC)OCC. The zero-order valence-corrected chi connectivity index (χ0v) is 14.4. The first-order chi connectivity index (χ1) is 10.1. The molecule has 0 saturated heterocycles. The molecule has 1 aliphatic heterocycles. The predicted octanol–water partition coefficient (Wildman–Crippen LogP) is 3.20. The lowest BCUT2D eigenvalue weighted by Crippen LogP contribution is -2.48. The summed E-state index contributed by atoms with van der Waals surface area (Å²) in [4.78, 5) is 0. The van der Waals surface area contributed by atoms with Gasteiger partial charge in [0.25, 0.3) is 0 Å². The van der Waals surface area contributed by atoms with E-state index >= 15 is 0 Å². The second-order valence-electron chi connectivity index (χ2n) is 4.46. The van der Waals surface area contributed by atoms with Crippen LogP contribution in [0.4, 0.5) is 0 Å².